The molecule has 0 spiro atoms. The maximum atomic E-state index is 12.1. The first kappa shape index (κ1) is 19.4. The number of nitrogens with one attached hydrogen (secondary N) is 1. The van der Waals surface area contributed by atoms with E-state index in [1.165, 1.54) is 5.56 Å². The SMILES string of the molecule is CC1CN(Cc2ccc(CNC(=O)Cc3ccc(N)cc3)cc2)CC(C)O1. The summed E-state index contributed by atoms with van der Waals surface area (Å²) in [6.45, 7) is 7.65. The van der Waals surface area contributed by atoms with Crippen molar-refractivity contribution in [2.24, 2.45) is 0 Å². The number of hydrogen-bond acceptors (Lipinski definition) is 4. The zero-order valence-corrected chi connectivity index (χ0v) is 16.2. The van der Waals surface area contributed by atoms with Gasteiger partial charge in [0.2, 0.25) is 5.91 Å². The summed E-state index contributed by atoms with van der Waals surface area (Å²) < 4.78 is 5.79. The third-order valence-electron chi connectivity index (χ3n) is 4.76. The molecule has 0 saturated carbocycles. The van der Waals surface area contributed by atoms with Gasteiger partial charge in [0, 0.05) is 31.9 Å². The fourth-order valence-electron chi connectivity index (χ4n) is 3.52. The zero-order valence-electron chi connectivity index (χ0n) is 16.2. The molecule has 1 aliphatic heterocycles. The lowest BCUT2D eigenvalue weighted by atomic mass is 10.1. The van der Waals surface area contributed by atoms with Crippen LogP contribution in [-0.2, 0) is 29.0 Å². The summed E-state index contributed by atoms with van der Waals surface area (Å²) in [7, 11) is 0. The van der Waals surface area contributed by atoms with Crippen molar-refractivity contribution >= 4 is 11.6 Å². The third kappa shape index (κ3) is 6.08. The summed E-state index contributed by atoms with van der Waals surface area (Å²) in [4.78, 5) is 14.5. The van der Waals surface area contributed by atoms with E-state index < -0.39 is 0 Å². The average Bonchev–Trinajstić information content (AvgIpc) is 2.62. The highest BCUT2D eigenvalue weighted by molar-refractivity contribution is 5.78. The van der Waals surface area contributed by atoms with E-state index in [1.54, 1.807) is 0 Å². The predicted octanol–water partition coefficient (Wildman–Crippen LogP) is 2.74. The van der Waals surface area contributed by atoms with Crippen molar-refractivity contribution in [1.29, 1.82) is 0 Å². The van der Waals surface area contributed by atoms with Gasteiger partial charge in [-0.2, -0.15) is 0 Å². The molecule has 0 radical (unpaired) electrons. The van der Waals surface area contributed by atoms with Crippen LogP contribution >= 0.6 is 0 Å². The molecule has 2 unspecified atom stereocenters. The second-order valence-corrected chi connectivity index (χ2v) is 7.46. The van der Waals surface area contributed by atoms with Crippen LogP contribution in [0, 0.1) is 0 Å². The summed E-state index contributed by atoms with van der Waals surface area (Å²) in [5, 5.41) is 2.98. The Labute approximate surface area is 161 Å². The van der Waals surface area contributed by atoms with Gasteiger partial charge in [0.1, 0.15) is 0 Å². The number of benzene rings is 2. The number of amides is 1. The van der Waals surface area contributed by atoms with Gasteiger partial charge in [0.25, 0.3) is 0 Å². The molecule has 2 aromatic rings. The van der Waals surface area contributed by atoms with E-state index in [1.807, 2.05) is 24.3 Å². The lowest BCUT2D eigenvalue weighted by Gasteiger charge is -2.35. The molecule has 3 N–H and O–H groups in total. The Balaban J connectivity index is 1.46. The Morgan fingerprint density at radius 1 is 1.00 bits per heavy atom. The van der Waals surface area contributed by atoms with Gasteiger partial charge in [0.15, 0.2) is 0 Å². The van der Waals surface area contributed by atoms with Gasteiger partial charge in [-0.15, -0.1) is 0 Å². The van der Waals surface area contributed by atoms with Crippen LogP contribution < -0.4 is 11.1 Å². The van der Waals surface area contributed by atoms with Crippen molar-refractivity contribution in [3.05, 3.63) is 65.2 Å². The number of nitrogen functional groups attached to an aromatic ring is 1. The molecule has 27 heavy (non-hydrogen) atoms. The fourth-order valence-corrected chi connectivity index (χ4v) is 3.52. The zero-order chi connectivity index (χ0) is 19.2. The molecule has 2 aromatic carbocycles. The average molecular weight is 367 g/mol. The van der Waals surface area contributed by atoms with Gasteiger partial charge in [-0.1, -0.05) is 36.4 Å². The number of nitrogens with two attached hydrogens (primary N) is 1. The van der Waals surface area contributed by atoms with Gasteiger partial charge in [0.05, 0.1) is 18.6 Å². The Morgan fingerprint density at radius 2 is 1.56 bits per heavy atom. The van der Waals surface area contributed by atoms with E-state index in [9.17, 15) is 4.79 Å². The highest BCUT2D eigenvalue weighted by atomic mass is 16.5. The normalized spacial score (nSPS) is 20.4. The topological polar surface area (TPSA) is 67.6 Å². The van der Waals surface area contributed by atoms with Crippen LogP contribution in [0.2, 0.25) is 0 Å². The summed E-state index contributed by atoms with van der Waals surface area (Å²) in [5.74, 6) is 0.0140. The first-order valence-electron chi connectivity index (χ1n) is 9.54. The summed E-state index contributed by atoms with van der Waals surface area (Å²) in [5.41, 5.74) is 9.73. The van der Waals surface area contributed by atoms with Crippen LogP contribution in [0.1, 0.15) is 30.5 Å². The first-order chi connectivity index (χ1) is 13.0. The minimum Gasteiger partial charge on any atom is -0.399 e. The van der Waals surface area contributed by atoms with Crippen molar-refractivity contribution in [2.75, 3.05) is 18.8 Å². The van der Waals surface area contributed by atoms with Crippen LogP contribution in [0.5, 0.6) is 0 Å². The molecule has 0 aromatic heterocycles. The van der Waals surface area contributed by atoms with Crippen molar-refractivity contribution in [3.8, 4) is 0 Å². The van der Waals surface area contributed by atoms with Crippen LogP contribution in [-0.4, -0.2) is 36.1 Å². The number of morpholine rings is 1. The number of hydrogen-bond donors (Lipinski definition) is 2. The minimum atomic E-state index is 0.0140. The maximum absolute atomic E-state index is 12.1. The van der Waals surface area contributed by atoms with Crippen molar-refractivity contribution in [2.45, 2.75) is 45.6 Å². The molecule has 1 amide bonds. The number of ether oxygens (including phenoxy) is 1. The standard InChI is InChI=1S/C22H29N3O2/c1-16-13-25(14-17(2)27-16)15-20-5-3-19(4-6-20)12-24-22(26)11-18-7-9-21(23)10-8-18/h3-10,16-17H,11-15,23H2,1-2H3,(H,24,26). The highest BCUT2D eigenvalue weighted by Gasteiger charge is 2.21. The molecule has 0 bridgehead atoms. The second kappa shape index (κ2) is 9.02. The first-order valence-corrected chi connectivity index (χ1v) is 9.54. The molecule has 1 heterocycles. The summed E-state index contributed by atoms with van der Waals surface area (Å²) in [6.07, 6.45) is 0.930. The number of carbonyl (C=O) groups is 1. The molecule has 5 nitrogen and oxygen atoms in total. The van der Waals surface area contributed by atoms with E-state index in [0.29, 0.717) is 18.7 Å². The Bertz CT molecular complexity index is 733. The van der Waals surface area contributed by atoms with Crippen molar-refractivity contribution < 1.29 is 9.53 Å². The summed E-state index contributed by atoms with van der Waals surface area (Å²) >= 11 is 0. The van der Waals surface area contributed by atoms with E-state index >= 15 is 0 Å². The molecular weight excluding hydrogens is 338 g/mol. The molecule has 0 aliphatic carbocycles. The van der Waals surface area contributed by atoms with E-state index in [4.69, 9.17) is 10.5 Å². The molecule has 1 saturated heterocycles. The van der Waals surface area contributed by atoms with Gasteiger partial charge >= 0.3 is 0 Å². The van der Waals surface area contributed by atoms with E-state index in [-0.39, 0.29) is 18.1 Å². The third-order valence-corrected chi connectivity index (χ3v) is 4.76. The molecule has 2 atom stereocenters. The number of carbonyl (C=O) groups excluding carboxylic acids is 1. The second-order valence-electron chi connectivity index (χ2n) is 7.46. The number of anilines is 1. The number of rotatable bonds is 6. The molecule has 1 fully saturated rings. The Hall–Kier alpha value is -2.37. The molecular formula is C22H29N3O2. The molecule has 5 heteroatoms. The minimum absolute atomic E-state index is 0.0140. The molecule has 3 rings (SSSR count). The molecule has 1 aliphatic rings. The Morgan fingerprint density at radius 3 is 2.19 bits per heavy atom. The van der Waals surface area contributed by atoms with Crippen LogP contribution in [0.4, 0.5) is 5.69 Å². The Kier molecular flexibility index (Phi) is 6.48. The lowest BCUT2D eigenvalue weighted by molar-refractivity contribution is -0.120. The van der Waals surface area contributed by atoms with Gasteiger partial charge in [-0.3, -0.25) is 9.69 Å². The van der Waals surface area contributed by atoms with Crippen molar-refractivity contribution in [1.82, 2.24) is 10.2 Å². The van der Waals surface area contributed by atoms with Gasteiger partial charge < -0.3 is 15.8 Å². The molecule has 144 valence electrons. The van der Waals surface area contributed by atoms with Gasteiger partial charge in [-0.25, -0.2) is 0 Å². The quantitative estimate of drug-likeness (QED) is 0.771. The highest BCUT2D eigenvalue weighted by Crippen LogP contribution is 2.15. The smallest absolute Gasteiger partial charge is 0.224 e. The number of nitrogens with zero attached hydrogens (tertiary/aromatic N) is 1. The van der Waals surface area contributed by atoms with E-state index in [2.05, 4.69) is 48.3 Å². The largest absolute Gasteiger partial charge is 0.399 e. The maximum Gasteiger partial charge on any atom is 0.224 e. The van der Waals surface area contributed by atoms with Crippen molar-refractivity contribution in [3.63, 3.8) is 0 Å². The van der Waals surface area contributed by atoms with E-state index in [0.717, 1.165) is 30.8 Å². The van der Waals surface area contributed by atoms with Crippen LogP contribution in [0.25, 0.3) is 0 Å². The predicted molar refractivity (Wildman–Crippen MR) is 108 cm³/mol. The lowest BCUT2D eigenvalue weighted by Crippen LogP contribution is -2.44. The monoisotopic (exact) mass is 367 g/mol. The summed E-state index contributed by atoms with van der Waals surface area (Å²) in [6, 6.07) is 15.9. The van der Waals surface area contributed by atoms with Gasteiger partial charge in [-0.05, 0) is 42.7 Å². The fraction of sp³-hybridized carbons (Fsp3) is 0.409. The van der Waals surface area contributed by atoms with Crippen LogP contribution in [0.3, 0.4) is 0 Å². The van der Waals surface area contributed by atoms with Crippen LogP contribution in [0.15, 0.2) is 48.5 Å².